The first-order valence-electron chi connectivity index (χ1n) is 17.8. The highest BCUT2D eigenvalue weighted by molar-refractivity contribution is 9.10. The molecule has 7 aromatic rings. The van der Waals surface area contributed by atoms with Gasteiger partial charge >= 0.3 is 6.18 Å². The molecule has 0 bridgehead atoms. The van der Waals surface area contributed by atoms with Crippen molar-refractivity contribution in [2.24, 2.45) is 0 Å². The number of phenols is 7. The second-order valence-electron chi connectivity index (χ2n) is 12.7. The minimum Gasteiger partial charge on any atom is -0.508 e. The molecular formula is C43H41BrCl2F7N7O7. The van der Waals surface area contributed by atoms with Gasteiger partial charge in [0.05, 0.1) is 27.1 Å². The Morgan fingerprint density at radius 3 is 1.34 bits per heavy atom. The van der Waals surface area contributed by atoms with Crippen LogP contribution in [0.3, 0.4) is 0 Å². The molecule has 0 atom stereocenters. The summed E-state index contributed by atoms with van der Waals surface area (Å²) in [5.74, 6) is -5.16. The molecule has 0 aliphatic heterocycles. The lowest BCUT2D eigenvalue weighted by molar-refractivity contribution is -0.137. The summed E-state index contributed by atoms with van der Waals surface area (Å²) in [7, 11) is 0. The standard InChI is InChI=1S/C7H6F3NO.C6H6BrNO.2C6H6ClNO.C6H5F2NO.2C6H6FNO/c8-7(9,10)4-1-5(11)3-6(12)2-4;7-5-2-1-4(8)3-6(5)9;7-4-1-5(8)3-6(9)2-4;7-6-4(8)2-1-3-5(6)9;7-3-1-2-4(9)5(8)6(3)10;7-4-1-5(8)3-6(9)2-4;7-6-4(8)2-1-3-5(6)9/h1-3,12H,11H2;3*1-3,9H,8H2;1-2,10H,9H2;2*1-3,9H,8H2. The molecule has 24 heteroatoms. The van der Waals surface area contributed by atoms with Crippen LogP contribution in [0.15, 0.2) is 126 Å². The van der Waals surface area contributed by atoms with Crippen LogP contribution in [0.1, 0.15) is 5.56 Å². The summed E-state index contributed by atoms with van der Waals surface area (Å²) >= 11 is 14.1. The van der Waals surface area contributed by atoms with Crippen molar-refractivity contribution in [2.45, 2.75) is 6.18 Å². The zero-order valence-corrected chi connectivity index (χ0v) is 37.1. The number of rotatable bonds is 0. The highest BCUT2D eigenvalue weighted by atomic mass is 79.9. The van der Waals surface area contributed by atoms with Gasteiger partial charge in [-0.25, -0.2) is 17.6 Å². The Morgan fingerprint density at radius 1 is 0.448 bits per heavy atom. The summed E-state index contributed by atoms with van der Waals surface area (Å²) in [6.45, 7) is 0. The predicted molar refractivity (Wildman–Crippen MR) is 250 cm³/mol. The smallest absolute Gasteiger partial charge is 0.416 e. The Bertz CT molecular complexity index is 2430. The zero-order chi connectivity index (χ0) is 51.3. The number of anilines is 7. The fourth-order valence-electron chi connectivity index (χ4n) is 4.15. The van der Waals surface area contributed by atoms with Gasteiger partial charge in [0.2, 0.25) is 0 Å². The monoisotopic (exact) mass is 1050 g/mol. The quantitative estimate of drug-likeness (QED) is 0.0496. The van der Waals surface area contributed by atoms with Crippen molar-refractivity contribution in [1.29, 1.82) is 0 Å². The van der Waals surface area contributed by atoms with Crippen molar-refractivity contribution in [1.82, 2.24) is 0 Å². The Balaban J connectivity index is 0.000000392. The number of alkyl halides is 3. The van der Waals surface area contributed by atoms with E-state index in [1.165, 1.54) is 48.5 Å². The van der Waals surface area contributed by atoms with Crippen molar-refractivity contribution in [3.63, 3.8) is 0 Å². The third-order valence-corrected chi connectivity index (χ3v) is 8.46. The van der Waals surface area contributed by atoms with E-state index in [2.05, 4.69) is 15.9 Å². The largest absolute Gasteiger partial charge is 0.508 e. The lowest BCUT2D eigenvalue weighted by atomic mass is 10.2. The number of benzene rings is 7. The van der Waals surface area contributed by atoms with E-state index < -0.39 is 52.3 Å². The van der Waals surface area contributed by atoms with Crippen molar-refractivity contribution in [3.05, 3.63) is 165 Å². The first-order valence-corrected chi connectivity index (χ1v) is 19.4. The molecule has 7 aromatic carbocycles. The van der Waals surface area contributed by atoms with E-state index in [9.17, 15) is 30.7 Å². The lowest BCUT2D eigenvalue weighted by Gasteiger charge is -2.07. The van der Waals surface area contributed by atoms with Crippen molar-refractivity contribution in [2.75, 3.05) is 40.1 Å². The van der Waals surface area contributed by atoms with E-state index in [-0.39, 0.29) is 50.8 Å². The van der Waals surface area contributed by atoms with Crippen molar-refractivity contribution >= 4 is 78.9 Å². The van der Waals surface area contributed by atoms with Crippen LogP contribution in [0.2, 0.25) is 10.0 Å². The van der Waals surface area contributed by atoms with Crippen LogP contribution in [0.25, 0.3) is 0 Å². The number of phenolic OH excluding ortho intramolecular Hbond substituents is 7. The minimum atomic E-state index is -4.47. The molecule has 21 N–H and O–H groups in total. The highest BCUT2D eigenvalue weighted by Crippen LogP contribution is 2.33. The topological polar surface area (TPSA) is 324 Å². The second kappa shape index (κ2) is 26.9. The average Bonchev–Trinajstić information content (AvgIpc) is 3.21. The van der Waals surface area contributed by atoms with Crippen LogP contribution in [0, 0.1) is 23.3 Å². The molecule has 0 aliphatic rings. The molecule has 360 valence electrons. The molecule has 0 aliphatic carbocycles. The van der Waals surface area contributed by atoms with E-state index in [0.29, 0.717) is 32.6 Å². The van der Waals surface area contributed by atoms with Gasteiger partial charge in [-0.05, 0) is 94.8 Å². The molecule has 14 nitrogen and oxygen atoms in total. The van der Waals surface area contributed by atoms with Gasteiger partial charge in [-0.15, -0.1) is 0 Å². The number of nitrogens with two attached hydrogens (primary N) is 7. The molecule has 0 heterocycles. The summed E-state index contributed by atoms with van der Waals surface area (Å²) in [6, 6.07) is 26.0. The molecule has 7 rings (SSSR count). The Labute approximate surface area is 395 Å². The van der Waals surface area contributed by atoms with Gasteiger partial charge in [0.1, 0.15) is 39.6 Å². The van der Waals surface area contributed by atoms with Crippen molar-refractivity contribution in [3.8, 4) is 40.2 Å². The molecular weight excluding hydrogens is 1010 g/mol. The number of halogens is 10. The first-order chi connectivity index (χ1) is 31.0. The summed E-state index contributed by atoms with van der Waals surface area (Å²) < 4.78 is 85.7. The van der Waals surface area contributed by atoms with Crippen LogP contribution in [0.5, 0.6) is 40.2 Å². The molecule has 0 saturated heterocycles. The van der Waals surface area contributed by atoms with E-state index >= 15 is 0 Å². The van der Waals surface area contributed by atoms with Gasteiger partial charge in [-0.2, -0.15) is 13.2 Å². The molecule has 0 spiro atoms. The summed E-state index contributed by atoms with van der Waals surface area (Å²) in [6.07, 6.45) is -4.47. The summed E-state index contributed by atoms with van der Waals surface area (Å²) in [4.78, 5) is 0. The van der Waals surface area contributed by atoms with Crippen LogP contribution in [0.4, 0.5) is 70.5 Å². The van der Waals surface area contributed by atoms with Gasteiger partial charge < -0.3 is 75.9 Å². The van der Waals surface area contributed by atoms with E-state index in [1.54, 1.807) is 30.3 Å². The molecule has 0 unspecified atom stereocenters. The maximum Gasteiger partial charge on any atom is 0.416 e. The van der Waals surface area contributed by atoms with Gasteiger partial charge in [0.15, 0.2) is 29.0 Å². The maximum atomic E-state index is 12.4. The number of nitrogen functional groups attached to an aromatic ring is 7. The van der Waals surface area contributed by atoms with Crippen LogP contribution in [-0.4, -0.2) is 35.7 Å². The van der Waals surface area contributed by atoms with Gasteiger partial charge in [-0.3, -0.25) is 0 Å². The zero-order valence-electron chi connectivity index (χ0n) is 34.0. The normalized spacial score (nSPS) is 9.88. The predicted octanol–water partition coefficient (Wildman–Crippen LogP) is 10.5. The van der Waals surface area contributed by atoms with E-state index in [0.717, 1.165) is 36.4 Å². The molecule has 0 fully saturated rings. The fraction of sp³-hybridized carbons (Fsp3) is 0.0233. The van der Waals surface area contributed by atoms with Gasteiger partial charge in [0, 0.05) is 58.1 Å². The summed E-state index contributed by atoms with van der Waals surface area (Å²) in [5, 5.41) is 62.0. The van der Waals surface area contributed by atoms with Crippen LogP contribution in [-0.2, 0) is 6.18 Å². The van der Waals surface area contributed by atoms with Gasteiger partial charge in [-0.1, -0.05) is 35.3 Å². The number of hydrogen-bond acceptors (Lipinski definition) is 14. The second-order valence-corrected chi connectivity index (χ2v) is 14.3. The van der Waals surface area contributed by atoms with Crippen LogP contribution >= 0.6 is 39.1 Å². The minimum absolute atomic E-state index is 0.0247. The molecule has 67 heavy (non-hydrogen) atoms. The molecule has 0 aromatic heterocycles. The average molecular weight is 1050 g/mol. The van der Waals surface area contributed by atoms with Gasteiger partial charge in [0.25, 0.3) is 0 Å². The summed E-state index contributed by atoms with van der Waals surface area (Å²) in [5.41, 5.74) is 36.6. The van der Waals surface area contributed by atoms with E-state index in [1.807, 2.05) is 0 Å². The van der Waals surface area contributed by atoms with Crippen LogP contribution < -0.4 is 40.1 Å². The van der Waals surface area contributed by atoms with E-state index in [4.69, 9.17) is 99.1 Å². The molecule has 0 amide bonds. The lowest BCUT2D eigenvalue weighted by Crippen LogP contribution is -2.05. The number of hydrogen-bond donors (Lipinski definition) is 14. The Hall–Kier alpha value is -7.69. The molecule has 0 radical (unpaired) electrons. The Morgan fingerprint density at radius 2 is 0.940 bits per heavy atom. The third-order valence-electron chi connectivity index (χ3n) is 7.16. The Kier molecular flexibility index (Phi) is 23.1. The third kappa shape index (κ3) is 21.7. The SMILES string of the molecule is Nc1cc(O)cc(C(F)(F)F)c1.Nc1cc(O)cc(Cl)c1.Nc1cc(O)cc(F)c1.Nc1ccc(Br)c(O)c1.Nc1ccc(F)c(O)c1F.Nc1cccc(O)c1Cl.Nc1cccc(O)c1F. The maximum absolute atomic E-state index is 12.4. The fourth-order valence-corrected chi connectivity index (χ4v) is 4.76. The number of aromatic hydroxyl groups is 7. The highest BCUT2D eigenvalue weighted by Gasteiger charge is 2.31. The molecule has 0 saturated carbocycles. The first kappa shape index (κ1) is 57.3. The van der Waals surface area contributed by atoms with Crippen molar-refractivity contribution < 1.29 is 66.5 Å².